The second kappa shape index (κ2) is 6.60. The van der Waals surface area contributed by atoms with Crippen LogP contribution in [0.2, 0.25) is 0 Å². The second-order valence-electron chi connectivity index (χ2n) is 6.68. The Bertz CT molecular complexity index is 607. The van der Waals surface area contributed by atoms with Gasteiger partial charge in [0.1, 0.15) is 17.1 Å². The van der Waals surface area contributed by atoms with Crippen LogP contribution in [0.3, 0.4) is 0 Å². The molecule has 0 fully saturated rings. The highest BCUT2D eigenvalue weighted by Crippen LogP contribution is 2.35. The molecule has 0 saturated heterocycles. The van der Waals surface area contributed by atoms with Crippen LogP contribution in [0.25, 0.3) is 0 Å². The standard InChI is InChI=1S/C18H25NO4/c1-6-19(12(2)3)17(21)11-22-13-7-8-14-15(20)10-18(4,5)23-16(14)9-13/h7-9,12H,6,10-11H2,1-5H3. The summed E-state index contributed by atoms with van der Waals surface area (Å²) in [7, 11) is 0. The average Bonchev–Trinajstić information content (AvgIpc) is 2.43. The van der Waals surface area contributed by atoms with Crippen LogP contribution in [-0.4, -0.2) is 41.4 Å². The van der Waals surface area contributed by atoms with Crippen LogP contribution in [0.4, 0.5) is 0 Å². The van der Waals surface area contributed by atoms with Crippen molar-refractivity contribution in [3.05, 3.63) is 23.8 Å². The number of hydrogen-bond acceptors (Lipinski definition) is 4. The van der Waals surface area contributed by atoms with Crippen LogP contribution < -0.4 is 9.47 Å². The number of ketones is 1. The van der Waals surface area contributed by atoms with E-state index in [1.165, 1.54) is 0 Å². The fourth-order valence-electron chi connectivity index (χ4n) is 2.78. The first-order valence-electron chi connectivity index (χ1n) is 8.02. The average molecular weight is 319 g/mol. The maximum absolute atomic E-state index is 12.1. The van der Waals surface area contributed by atoms with Crippen molar-refractivity contribution in [2.45, 2.75) is 52.7 Å². The Morgan fingerprint density at radius 1 is 1.39 bits per heavy atom. The van der Waals surface area contributed by atoms with E-state index in [1.54, 1.807) is 23.1 Å². The fourth-order valence-corrected chi connectivity index (χ4v) is 2.78. The van der Waals surface area contributed by atoms with Crippen molar-refractivity contribution in [3.63, 3.8) is 0 Å². The molecule has 0 aliphatic carbocycles. The molecule has 1 aliphatic heterocycles. The van der Waals surface area contributed by atoms with Crippen molar-refractivity contribution in [2.75, 3.05) is 13.2 Å². The third kappa shape index (κ3) is 4.03. The minimum Gasteiger partial charge on any atom is -0.486 e. The maximum atomic E-state index is 12.1. The lowest BCUT2D eigenvalue weighted by Gasteiger charge is -2.31. The Labute approximate surface area is 137 Å². The number of Topliss-reactive ketones (excluding diaryl/α,β-unsaturated/α-hetero) is 1. The molecule has 1 aromatic rings. The third-order valence-corrected chi connectivity index (χ3v) is 3.87. The van der Waals surface area contributed by atoms with Gasteiger partial charge in [0, 0.05) is 18.7 Å². The summed E-state index contributed by atoms with van der Waals surface area (Å²) in [5.41, 5.74) is 0.0511. The Balaban J connectivity index is 2.08. The highest BCUT2D eigenvalue weighted by Gasteiger charge is 2.32. The Hall–Kier alpha value is -2.04. The molecule has 0 aromatic heterocycles. The molecule has 0 atom stereocenters. The molecule has 1 aromatic carbocycles. The molecule has 0 N–H and O–H groups in total. The van der Waals surface area contributed by atoms with E-state index in [9.17, 15) is 9.59 Å². The second-order valence-corrected chi connectivity index (χ2v) is 6.68. The van der Waals surface area contributed by atoms with Gasteiger partial charge in [0.2, 0.25) is 0 Å². The lowest BCUT2D eigenvalue weighted by Crippen LogP contribution is -2.39. The number of carbonyl (C=O) groups excluding carboxylic acids is 2. The molecule has 0 spiro atoms. The third-order valence-electron chi connectivity index (χ3n) is 3.87. The number of ether oxygens (including phenoxy) is 2. The molecule has 0 unspecified atom stereocenters. The van der Waals surface area contributed by atoms with Gasteiger partial charge in [-0.05, 0) is 46.8 Å². The molecule has 1 aliphatic rings. The van der Waals surface area contributed by atoms with Crippen molar-refractivity contribution in [1.82, 2.24) is 4.90 Å². The largest absolute Gasteiger partial charge is 0.486 e. The number of benzene rings is 1. The zero-order chi connectivity index (χ0) is 17.2. The molecule has 0 saturated carbocycles. The molecule has 126 valence electrons. The van der Waals surface area contributed by atoms with Crippen molar-refractivity contribution in [2.24, 2.45) is 0 Å². The summed E-state index contributed by atoms with van der Waals surface area (Å²) in [5.74, 6) is 1.06. The van der Waals surface area contributed by atoms with Crippen molar-refractivity contribution >= 4 is 11.7 Å². The van der Waals surface area contributed by atoms with E-state index in [1.807, 2.05) is 34.6 Å². The predicted molar refractivity (Wildman–Crippen MR) is 88.1 cm³/mol. The number of hydrogen-bond donors (Lipinski definition) is 0. The van der Waals surface area contributed by atoms with Crippen molar-refractivity contribution < 1.29 is 19.1 Å². The topological polar surface area (TPSA) is 55.8 Å². The Morgan fingerprint density at radius 3 is 2.70 bits per heavy atom. The number of carbonyl (C=O) groups is 2. The first-order chi connectivity index (χ1) is 10.7. The normalized spacial score (nSPS) is 15.8. The molecular weight excluding hydrogens is 294 g/mol. The lowest BCUT2D eigenvalue weighted by molar-refractivity contribution is -0.134. The van der Waals surface area contributed by atoms with E-state index < -0.39 is 5.60 Å². The van der Waals surface area contributed by atoms with Crippen LogP contribution >= 0.6 is 0 Å². The maximum Gasteiger partial charge on any atom is 0.260 e. The van der Waals surface area contributed by atoms with Crippen LogP contribution in [0.5, 0.6) is 11.5 Å². The van der Waals surface area contributed by atoms with Crippen LogP contribution in [-0.2, 0) is 4.79 Å². The van der Waals surface area contributed by atoms with E-state index in [-0.39, 0.29) is 24.3 Å². The molecule has 5 nitrogen and oxygen atoms in total. The van der Waals surface area contributed by atoms with Gasteiger partial charge in [-0.2, -0.15) is 0 Å². The summed E-state index contributed by atoms with van der Waals surface area (Å²) in [5, 5.41) is 0. The molecule has 2 rings (SSSR count). The molecule has 23 heavy (non-hydrogen) atoms. The summed E-state index contributed by atoms with van der Waals surface area (Å²) >= 11 is 0. The lowest BCUT2D eigenvalue weighted by atomic mass is 9.93. The van der Waals surface area contributed by atoms with Crippen molar-refractivity contribution in [1.29, 1.82) is 0 Å². The summed E-state index contributed by atoms with van der Waals surface area (Å²) in [4.78, 5) is 26.0. The predicted octanol–water partition coefficient (Wildman–Crippen LogP) is 3.07. The number of likely N-dealkylation sites (N-methyl/N-ethyl adjacent to an activating group) is 1. The van der Waals surface area contributed by atoms with E-state index in [2.05, 4.69) is 0 Å². The first-order valence-corrected chi connectivity index (χ1v) is 8.02. The smallest absolute Gasteiger partial charge is 0.260 e. The number of rotatable bonds is 5. The van der Waals surface area contributed by atoms with E-state index >= 15 is 0 Å². The monoisotopic (exact) mass is 319 g/mol. The fraction of sp³-hybridized carbons (Fsp3) is 0.556. The van der Waals surface area contributed by atoms with E-state index in [0.29, 0.717) is 30.0 Å². The minimum absolute atomic E-state index is 0.0256. The van der Waals surface area contributed by atoms with E-state index in [4.69, 9.17) is 9.47 Å². The SMILES string of the molecule is CCN(C(=O)COc1ccc2c(c1)OC(C)(C)CC2=O)C(C)C. The first kappa shape index (κ1) is 17.3. The number of nitrogens with zero attached hydrogens (tertiary/aromatic N) is 1. The Kier molecular flexibility index (Phi) is 4.97. The van der Waals surface area contributed by atoms with Gasteiger partial charge in [-0.3, -0.25) is 9.59 Å². The van der Waals surface area contributed by atoms with Crippen LogP contribution in [0.15, 0.2) is 18.2 Å². The molecule has 1 heterocycles. The van der Waals surface area contributed by atoms with Gasteiger partial charge < -0.3 is 14.4 Å². The van der Waals surface area contributed by atoms with Gasteiger partial charge in [-0.25, -0.2) is 0 Å². The van der Waals surface area contributed by atoms with Gasteiger partial charge >= 0.3 is 0 Å². The van der Waals surface area contributed by atoms with Crippen LogP contribution in [0, 0.1) is 0 Å². The number of fused-ring (bicyclic) bond motifs is 1. The van der Waals surface area contributed by atoms with Crippen LogP contribution in [0.1, 0.15) is 51.4 Å². The molecular formula is C18H25NO4. The molecule has 0 bridgehead atoms. The molecule has 5 heteroatoms. The highest BCUT2D eigenvalue weighted by atomic mass is 16.5. The van der Waals surface area contributed by atoms with Gasteiger partial charge in [-0.15, -0.1) is 0 Å². The van der Waals surface area contributed by atoms with Gasteiger partial charge in [0.15, 0.2) is 12.4 Å². The summed E-state index contributed by atoms with van der Waals surface area (Å²) in [6.07, 6.45) is 0.360. The number of amides is 1. The highest BCUT2D eigenvalue weighted by molar-refractivity contribution is 6.00. The summed E-state index contributed by atoms with van der Waals surface area (Å²) < 4.78 is 11.4. The molecule has 1 amide bonds. The zero-order valence-corrected chi connectivity index (χ0v) is 14.5. The van der Waals surface area contributed by atoms with Gasteiger partial charge in [-0.1, -0.05) is 0 Å². The quantitative estimate of drug-likeness (QED) is 0.837. The molecule has 0 radical (unpaired) electrons. The van der Waals surface area contributed by atoms with Gasteiger partial charge in [0.25, 0.3) is 5.91 Å². The van der Waals surface area contributed by atoms with Crippen molar-refractivity contribution in [3.8, 4) is 11.5 Å². The summed E-state index contributed by atoms with van der Waals surface area (Å²) in [6, 6.07) is 5.23. The summed E-state index contributed by atoms with van der Waals surface area (Å²) in [6.45, 7) is 10.3. The zero-order valence-electron chi connectivity index (χ0n) is 14.5. The van der Waals surface area contributed by atoms with E-state index in [0.717, 1.165) is 0 Å². The van der Waals surface area contributed by atoms with Gasteiger partial charge in [0.05, 0.1) is 12.0 Å². The minimum atomic E-state index is -0.519. The Morgan fingerprint density at radius 2 is 2.09 bits per heavy atom.